The normalized spacial score (nSPS) is 26.8. The number of likely N-dealkylation sites (tertiary alicyclic amines) is 1. The van der Waals surface area contributed by atoms with Gasteiger partial charge in [-0.2, -0.15) is 0 Å². The predicted molar refractivity (Wildman–Crippen MR) is 76.9 cm³/mol. The Morgan fingerprint density at radius 3 is 2.56 bits per heavy atom. The first-order valence-corrected chi connectivity index (χ1v) is 7.24. The molecule has 0 radical (unpaired) electrons. The fourth-order valence-electron chi connectivity index (χ4n) is 2.67. The van der Waals surface area contributed by atoms with Gasteiger partial charge < -0.3 is 20.2 Å². The van der Waals surface area contributed by atoms with Gasteiger partial charge in [-0.3, -0.25) is 0 Å². The molecule has 0 aliphatic carbocycles. The highest BCUT2D eigenvalue weighted by atomic mass is 16.3. The monoisotopic (exact) mass is 257 g/mol. The number of nitrogens with zero attached hydrogens (tertiary/aromatic N) is 2. The van der Waals surface area contributed by atoms with Crippen molar-refractivity contribution in [3.8, 4) is 0 Å². The van der Waals surface area contributed by atoms with Crippen molar-refractivity contribution in [1.29, 1.82) is 0 Å². The molecule has 4 heteroatoms. The molecular formula is C14H31N3O. The van der Waals surface area contributed by atoms with Gasteiger partial charge in [0.25, 0.3) is 0 Å². The van der Waals surface area contributed by atoms with E-state index in [1.165, 1.54) is 6.42 Å². The van der Waals surface area contributed by atoms with Gasteiger partial charge in [0.15, 0.2) is 0 Å². The van der Waals surface area contributed by atoms with Crippen molar-refractivity contribution < 1.29 is 5.11 Å². The van der Waals surface area contributed by atoms with Crippen LogP contribution in [0, 0.1) is 0 Å². The summed E-state index contributed by atoms with van der Waals surface area (Å²) in [6.07, 6.45) is 3.31. The zero-order chi connectivity index (χ0) is 13.6. The minimum atomic E-state index is -0.0559. The van der Waals surface area contributed by atoms with Crippen LogP contribution in [0.3, 0.4) is 0 Å². The van der Waals surface area contributed by atoms with Crippen LogP contribution < -0.4 is 5.32 Å². The molecule has 18 heavy (non-hydrogen) atoms. The van der Waals surface area contributed by atoms with Crippen molar-refractivity contribution in [2.24, 2.45) is 0 Å². The first-order chi connectivity index (χ1) is 8.49. The van der Waals surface area contributed by atoms with E-state index in [0.717, 1.165) is 39.0 Å². The zero-order valence-corrected chi connectivity index (χ0v) is 12.6. The molecule has 4 nitrogen and oxygen atoms in total. The predicted octanol–water partition coefficient (Wildman–Crippen LogP) is 0.763. The molecule has 1 saturated heterocycles. The van der Waals surface area contributed by atoms with Crippen molar-refractivity contribution in [2.75, 3.05) is 46.9 Å². The van der Waals surface area contributed by atoms with Gasteiger partial charge in [0, 0.05) is 31.2 Å². The lowest BCUT2D eigenvalue weighted by Crippen LogP contribution is -2.51. The summed E-state index contributed by atoms with van der Waals surface area (Å²) in [5.74, 6) is 0. The highest BCUT2D eigenvalue weighted by Gasteiger charge is 2.31. The number of likely N-dealkylation sites (N-methyl/N-ethyl adjacent to an activating group) is 1. The molecule has 0 saturated carbocycles. The van der Waals surface area contributed by atoms with E-state index in [0.29, 0.717) is 6.04 Å². The summed E-state index contributed by atoms with van der Waals surface area (Å²) in [4.78, 5) is 4.69. The molecule has 0 aromatic rings. The van der Waals surface area contributed by atoms with Crippen LogP contribution in [-0.4, -0.2) is 73.4 Å². The molecule has 1 fully saturated rings. The molecule has 0 amide bonds. The molecule has 1 aliphatic rings. The third-order valence-corrected chi connectivity index (χ3v) is 4.07. The lowest BCUT2D eigenvalue weighted by Gasteiger charge is -2.33. The molecule has 1 heterocycles. The minimum Gasteiger partial charge on any atom is -0.394 e. The van der Waals surface area contributed by atoms with Gasteiger partial charge in [0.05, 0.1) is 6.61 Å². The van der Waals surface area contributed by atoms with E-state index in [4.69, 9.17) is 0 Å². The van der Waals surface area contributed by atoms with Gasteiger partial charge in [-0.1, -0.05) is 0 Å². The Kier molecular flexibility index (Phi) is 6.57. The van der Waals surface area contributed by atoms with Crippen molar-refractivity contribution >= 4 is 0 Å². The summed E-state index contributed by atoms with van der Waals surface area (Å²) in [5.41, 5.74) is -0.0559. The Morgan fingerprint density at radius 2 is 2.00 bits per heavy atom. The number of nitrogens with one attached hydrogen (secondary N) is 1. The molecule has 1 rings (SSSR count). The largest absolute Gasteiger partial charge is 0.394 e. The fraction of sp³-hybridized carbons (Fsp3) is 1.00. The molecule has 1 atom stereocenters. The Labute approximate surface area is 112 Å². The minimum absolute atomic E-state index is 0.0559. The summed E-state index contributed by atoms with van der Waals surface area (Å²) >= 11 is 0. The summed E-state index contributed by atoms with van der Waals surface area (Å²) < 4.78 is 0. The SMILES string of the molecule is CC(C)N1CCCC(CO)(NCCN(C)C)CC1. The topological polar surface area (TPSA) is 38.7 Å². The van der Waals surface area contributed by atoms with Crippen molar-refractivity contribution in [2.45, 2.75) is 44.7 Å². The van der Waals surface area contributed by atoms with E-state index >= 15 is 0 Å². The van der Waals surface area contributed by atoms with Gasteiger partial charge in [0.1, 0.15) is 0 Å². The summed E-state index contributed by atoms with van der Waals surface area (Å²) in [5, 5.41) is 13.4. The van der Waals surface area contributed by atoms with E-state index in [-0.39, 0.29) is 12.1 Å². The number of rotatable bonds is 6. The van der Waals surface area contributed by atoms with E-state index in [2.05, 4.69) is 43.1 Å². The molecule has 2 N–H and O–H groups in total. The molecule has 1 unspecified atom stereocenters. The number of hydrogen-bond donors (Lipinski definition) is 2. The van der Waals surface area contributed by atoms with Gasteiger partial charge >= 0.3 is 0 Å². The van der Waals surface area contributed by atoms with E-state index in [1.54, 1.807) is 0 Å². The number of aliphatic hydroxyl groups excluding tert-OH is 1. The molecular weight excluding hydrogens is 226 g/mol. The van der Waals surface area contributed by atoms with Crippen LogP contribution in [0.5, 0.6) is 0 Å². The second-order valence-electron chi connectivity index (χ2n) is 6.15. The molecule has 108 valence electrons. The van der Waals surface area contributed by atoms with Crippen LogP contribution in [0.1, 0.15) is 33.1 Å². The number of aliphatic hydroxyl groups is 1. The highest BCUT2D eigenvalue weighted by Crippen LogP contribution is 2.23. The standard InChI is InChI=1S/C14H31N3O/c1-13(2)17-9-5-6-14(12-18,7-10-17)15-8-11-16(3)4/h13,15,18H,5-12H2,1-4H3. The first kappa shape index (κ1) is 15.9. The van der Waals surface area contributed by atoms with Crippen molar-refractivity contribution in [3.63, 3.8) is 0 Å². The molecule has 0 bridgehead atoms. The lowest BCUT2D eigenvalue weighted by molar-refractivity contribution is 0.137. The Balaban J connectivity index is 2.48. The maximum Gasteiger partial charge on any atom is 0.0613 e. The maximum atomic E-state index is 9.76. The second kappa shape index (κ2) is 7.43. The Morgan fingerprint density at radius 1 is 1.28 bits per heavy atom. The van der Waals surface area contributed by atoms with Crippen molar-refractivity contribution in [3.05, 3.63) is 0 Å². The average Bonchev–Trinajstić information content (AvgIpc) is 2.52. The first-order valence-electron chi connectivity index (χ1n) is 7.24. The van der Waals surface area contributed by atoms with E-state index in [1.807, 2.05) is 0 Å². The number of hydrogen-bond acceptors (Lipinski definition) is 4. The molecule has 0 spiro atoms. The lowest BCUT2D eigenvalue weighted by atomic mass is 9.91. The zero-order valence-electron chi connectivity index (χ0n) is 12.6. The maximum absolute atomic E-state index is 9.76. The van der Waals surface area contributed by atoms with Gasteiger partial charge in [-0.05, 0) is 53.8 Å². The van der Waals surface area contributed by atoms with E-state index in [9.17, 15) is 5.11 Å². The van der Waals surface area contributed by atoms with Crippen LogP contribution in [0.2, 0.25) is 0 Å². The Hall–Kier alpha value is -0.160. The van der Waals surface area contributed by atoms with Gasteiger partial charge in [-0.25, -0.2) is 0 Å². The van der Waals surface area contributed by atoms with Crippen LogP contribution in [0.4, 0.5) is 0 Å². The fourth-order valence-corrected chi connectivity index (χ4v) is 2.67. The smallest absolute Gasteiger partial charge is 0.0613 e. The van der Waals surface area contributed by atoms with Gasteiger partial charge in [0.2, 0.25) is 0 Å². The quantitative estimate of drug-likeness (QED) is 0.737. The summed E-state index contributed by atoms with van der Waals surface area (Å²) in [6, 6.07) is 0.612. The third kappa shape index (κ3) is 4.84. The highest BCUT2D eigenvalue weighted by molar-refractivity contribution is 4.91. The van der Waals surface area contributed by atoms with Crippen molar-refractivity contribution in [1.82, 2.24) is 15.1 Å². The van der Waals surface area contributed by atoms with Crippen LogP contribution in [-0.2, 0) is 0 Å². The van der Waals surface area contributed by atoms with Crippen LogP contribution in [0.15, 0.2) is 0 Å². The van der Waals surface area contributed by atoms with E-state index < -0.39 is 0 Å². The van der Waals surface area contributed by atoms with Gasteiger partial charge in [-0.15, -0.1) is 0 Å². The van der Waals surface area contributed by atoms with Crippen LogP contribution in [0.25, 0.3) is 0 Å². The molecule has 0 aromatic carbocycles. The average molecular weight is 257 g/mol. The molecule has 1 aliphatic heterocycles. The third-order valence-electron chi connectivity index (χ3n) is 4.07. The second-order valence-corrected chi connectivity index (χ2v) is 6.15. The summed E-state index contributed by atoms with van der Waals surface area (Å²) in [6.45, 7) is 9.00. The summed E-state index contributed by atoms with van der Waals surface area (Å²) in [7, 11) is 4.17. The Bertz CT molecular complexity index is 233. The van der Waals surface area contributed by atoms with Crippen LogP contribution >= 0.6 is 0 Å². The molecule has 0 aromatic heterocycles.